The van der Waals surface area contributed by atoms with E-state index < -0.39 is 23.1 Å². The molecule has 0 bridgehead atoms. The summed E-state index contributed by atoms with van der Waals surface area (Å²) in [6.07, 6.45) is 0. The highest BCUT2D eigenvalue weighted by Gasteiger charge is 2.31. The van der Waals surface area contributed by atoms with Crippen LogP contribution in [0.4, 0.5) is 44.7 Å². The van der Waals surface area contributed by atoms with Crippen LogP contribution in [0.15, 0.2) is 130 Å². The van der Waals surface area contributed by atoms with E-state index in [1.165, 1.54) is 48.2 Å². The van der Waals surface area contributed by atoms with Gasteiger partial charge in [-0.15, -0.1) is 0 Å². The Morgan fingerprint density at radius 1 is 0.737 bits per heavy atom. The molecule has 0 saturated carbocycles. The predicted molar refractivity (Wildman–Crippen MR) is 223 cm³/mol. The third-order valence-electron chi connectivity index (χ3n) is 9.60. The van der Waals surface area contributed by atoms with Crippen LogP contribution in [-0.2, 0) is 7.05 Å². The van der Waals surface area contributed by atoms with Crippen molar-refractivity contribution in [2.45, 2.75) is 27.1 Å². The lowest BCUT2D eigenvalue weighted by Crippen LogP contribution is -2.46. The first kappa shape index (κ1) is 40.0. The summed E-state index contributed by atoms with van der Waals surface area (Å²) < 4.78 is 77.8. The number of hydrogen-bond donors (Lipinski definition) is 3. The van der Waals surface area contributed by atoms with Crippen LogP contribution in [0.3, 0.4) is 0 Å². The first-order chi connectivity index (χ1) is 27.3. The summed E-state index contributed by atoms with van der Waals surface area (Å²) in [5, 5.41) is 10.2. The number of piperazine rings is 1. The topological polar surface area (TPSA) is 72.8 Å². The van der Waals surface area contributed by atoms with Crippen LogP contribution in [-0.4, -0.2) is 47.3 Å². The average molecular weight is 834 g/mol. The molecule has 2 heterocycles. The first-order valence-electron chi connectivity index (χ1n) is 17.7. The quantitative estimate of drug-likeness (QED) is 0.0635. The fourth-order valence-corrected chi connectivity index (χ4v) is 8.90. The molecular weight excluding hydrogens is 798 g/mol. The number of nitrogens with one attached hydrogen (secondary N) is 2. The van der Waals surface area contributed by atoms with Gasteiger partial charge in [0, 0.05) is 81.8 Å². The number of benzene rings is 5. The van der Waals surface area contributed by atoms with E-state index in [1.807, 2.05) is 54.6 Å². The van der Waals surface area contributed by atoms with Crippen LogP contribution in [0.1, 0.15) is 16.1 Å². The summed E-state index contributed by atoms with van der Waals surface area (Å²) in [6, 6.07) is 32.5. The number of nitrogens with zero attached hydrogens (tertiary/aromatic N) is 3. The molecule has 0 aliphatic carbocycles. The van der Waals surface area contributed by atoms with Gasteiger partial charge in [-0.25, -0.2) is 13.6 Å². The Bertz CT molecular complexity index is 2370. The van der Waals surface area contributed by atoms with Crippen LogP contribution in [0.2, 0.25) is 0 Å². The molecule has 6 aromatic rings. The van der Waals surface area contributed by atoms with Gasteiger partial charge in [0.05, 0.1) is 16.9 Å². The van der Waals surface area contributed by atoms with Crippen molar-refractivity contribution in [2.75, 3.05) is 45.4 Å². The van der Waals surface area contributed by atoms with Gasteiger partial charge in [0.15, 0.2) is 0 Å². The third kappa shape index (κ3) is 9.32. The number of aromatic carboxylic acids is 1. The van der Waals surface area contributed by atoms with Crippen molar-refractivity contribution in [3.05, 3.63) is 138 Å². The van der Waals surface area contributed by atoms with Crippen LogP contribution >= 0.6 is 35.7 Å². The highest BCUT2D eigenvalue weighted by atomic mass is 32.2. The molecule has 7 rings (SSSR count). The molecule has 0 unspecified atom stereocenters. The third-order valence-corrected chi connectivity index (χ3v) is 12.0. The number of thioether (sulfide) groups is 1. The summed E-state index contributed by atoms with van der Waals surface area (Å²) in [4.78, 5) is 18.5. The molecule has 1 aliphatic rings. The number of carbonyl (C=O) groups is 1. The van der Waals surface area contributed by atoms with E-state index in [9.17, 15) is 27.5 Å². The molecule has 3 N–H and O–H groups in total. The van der Waals surface area contributed by atoms with Crippen molar-refractivity contribution in [3.63, 3.8) is 0 Å². The lowest BCUT2D eigenvalue weighted by Gasteiger charge is -2.37. The molecule has 294 valence electrons. The van der Waals surface area contributed by atoms with Crippen LogP contribution in [0.25, 0.3) is 22.4 Å². The molecule has 1 aromatic heterocycles. The Hall–Kier alpha value is -5.25. The zero-order chi connectivity index (χ0) is 40.3. The van der Waals surface area contributed by atoms with Gasteiger partial charge in [0.1, 0.15) is 11.6 Å². The highest BCUT2D eigenvalue weighted by Crippen LogP contribution is 2.44. The van der Waals surface area contributed by atoms with Crippen molar-refractivity contribution in [2.24, 2.45) is 7.05 Å². The first-order valence-corrected chi connectivity index (χ1v) is 20.2. The number of rotatable bonds is 12. The molecule has 1 fully saturated rings. The maximum atomic E-state index is 15.7. The Morgan fingerprint density at radius 2 is 1.37 bits per heavy atom. The SMILES string of the molecule is Cc1c(C(=O)O)c(-c2cc(N3CCN(c4ccc(NSc5ccc(NSc6ccccc6)c(SC(F)(F)F)c5)cc4)CC3)ccc2F)c(-c2ccc(F)cc2)n1C. The van der Waals surface area contributed by atoms with Crippen molar-refractivity contribution in [1.29, 1.82) is 0 Å². The van der Waals surface area contributed by atoms with Crippen LogP contribution < -0.4 is 19.2 Å². The van der Waals surface area contributed by atoms with Crippen LogP contribution in [0, 0.1) is 18.6 Å². The fraction of sp³-hybridized carbons (Fsp3) is 0.167. The second-order valence-corrected chi connectivity index (χ2v) is 16.0. The highest BCUT2D eigenvalue weighted by molar-refractivity contribution is 8.02. The summed E-state index contributed by atoms with van der Waals surface area (Å²) >= 11 is 2.31. The average Bonchev–Trinajstić information content (AvgIpc) is 3.46. The summed E-state index contributed by atoms with van der Waals surface area (Å²) in [7, 11) is 1.72. The van der Waals surface area contributed by atoms with Gasteiger partial charge >= 0.3 is 11.5 Å². The lowest BCUT2D eigenvalue weighted by atomic mass is 9.95. The Morgan fingerprint density at radius 3 is 2.02 bits per heavy atom. The van der Waals surface area contributed by atoms with Gasteiger partial charge < -0.3 is 28.9 Å². The van der Waals surface area contributed by atoms with E-state index in [1.54, 1.807) is 54.9 Å². The van der Waals surface area contributed by atoms with E-state index in [4.69, 9.17) is 0 Å². The largest absolute Gasteiger partial charge is 0.478 e. The fourth-order valence-electron chi connectivity index (χ4n) is 6.72. The summed E-state index contributed by atoms with van der Waals surface area (Å²) in [5.41, 5.74) is 0.336. The molecule has 0 radical (unpaired) electrons. The minimum atomic E-state index is -4.45. The number of alkyl halides is 3. The number of aromatic nitrogens is 1. The van der Waals surface area contributed by atoms with Crippen molar-refractivity contribution >= 4 is 64.4 Å². The van der Waals surface area contributed by atoms with E-state index in [0.29, 0.717) is 53.7 Å². The monoisotopic (exact) mass is 833 g/mol. The van der Waals surface area contributed by atoms with Gasteiger partial charge in [0.25, 0.3) is 0 Å². The minimum absolute atomic E-state index is 0.0110. The Labute approximate surface area is 339 Å². The summed E-state index contributed by atoms with van der Waals surface area (Å²) in [5.74, 6) is -2.18. The van der Waals surface area contributed by atoms with Crippen molar-refractivity contribution in [1.82, 2.24) is 4.57 Å². The molecule has 57 heavy (non-hydrogen) atoms. The summed E-state index contributed by atoms with van der Waals surface area (Å²) in [6.45, 7) is 4.25. The molecule has 1 saturated heterocycles. The number of halogens is 5. The van der Waals surface area contributed by atoms with Gasteiger partial charge in [-0.2, -0.15) is 13.2 Å². The molecule has 0 atom stereocenters. The second kappa shape index (κ2) is 17.1. The van der Waals surface area contributed by atoms with E-state index in [0.717, 1.165) is 22.0 Å². The molecule has 15 heteroatoms. The van der Waals surface area contributed by atoms with E-state index in [2.05, 4.69) is 19.2 Å². The molecule has 0 spiro atoms. The Balaban J connectivity index is 1.01. The van der Waals surface area contributed by atoms with Crippen LogP contribution in [0.5, 0.6) is 0 Å². The standard InChI is InChI=1S/C42H36F5N5O2S3/c1-26-38(41(53)54)39(40(50(26)2)27-8-10-28(43)11-9-27)34-24-31(16-18-35(34)44)52-22-20-51(21-23-52)30-14-12-29(13-15-30)48-57-33-17-19-36(37(25-33)55-42(45,46)47)49-56-32-6-4-3-5-7-32/h3-19,24-25,48-49H,20-23H2,1-2H3,(H,53,54). The molecule has 5 aromatic carbocycles. The van der Waals surface area contributed by atoms with Gasteiger partial charge in [-0.05, 0) is 145 Å². The number of hydrogen-bond acceptors (Lipinski definition) is 8. The second-order valence-electron chi connectivity index (χ2n) is 13.2. The van der Waals surface area contributed by atoms with Gasteiger partial charge in [-0.1, -0.05) is 18.2 Å². The van der Waals surface area contributed by atoms with Gasteiger partial charge in [-0.3, -0.25) is 0 Å². The molecule has 1 aliphatic heterocycles. The maximum Gasteiger partial charge on any atom is 0.446 e. The zero-order valence-electron chi connectivity index (χ0n) is 30.6. The number of carboxylic acid groups (broad SMARTS) is 1. The van der Waals surface area contributed by atoms with E-state index >= 15 is 4.39 Å². The molecule has 7 nitrogen and oxygen atoms in total. The maximum absolute atomic E-state index is 15.7. The van der Waals surface area contributed by atoms with Crippen molar-refractivity contribution in [3.8, 4) is 22.4 Å². The van der Waals surface area contributed by atoms with Gasteiger partial charge in [0.2, 0.25) is 0 Å². The predicted octanol–water partition coefficient (Wildman–Crippen LogP) is 11.8. The minimum Gasteiger partial charge on any atom is -0.478 e. The smallest absolute Gasteiger partial charge is 0.446 e. The van der Waals surface area contributed by atoms with Crippen molar-refractivity contribution < 1.29 is 31.9 Å². The zero-order valence-corrected chi connectivity index (χ0v) is 33.1. The Kier molecular flexibility index (Phi) is 12.0. The number of anilines is 4. The molecule has 0 amide bonds. The number of carboxylic acids is 1. The lowest BCUT2D eigenvalue weighted by molar-refractivity contribution is -0.0328. The van der Waals surface area contributed by atoms with E-state index in [-0.39, 0.29) is 33.3 Å². The molecular formula is C42H36F5N5O2S3. The normalized spacial score (nSPS) is 13.2.